The first-order chi connectivity index (χ1) is 9.51. The first-order valence-electron chi connectivity index (χ1n) is 6.67. The van der Waals surface area contributed by atoms with E-state index in [4.69, 9.17) is 5.11 Å². The summed E-state index contributed by atoms with van der Waals surface area (Å²) in [5, 5.41) is 12.0. The van der Waals surface area contributed by atoms with E-state index in [9.17, 15) is 9.59 Å². The SMILES string of the molecule is O=C(O)CC1(NC(=O)c2ccc(Br)nc2)CCCCC1. The van der Waals surface area contributed by atoms with Crippen LogP contribution in [-0.4, -0.2) is 27.5 Å². The summed E-state index contributed by atoms with van der Waals surface area (Å²) in [6.07, 6.45) is 5.89. The van der Waals surface area contributed by atoms with Crippen LogP contribution in [0.2, 0.25) is 0 Å². The predicted molar refractivity (Wildman–Crippen MR) is 77.5 cm³/mol. The Balaban J connectivity index is 2.12. The summed E-state index contributed by atoms with van der Waals surface area (Å²) in [5.74, 6) is -1.13. The molecule has 6 heteroatoms. The van der Waals surface area contributed by atoms with Gasteiger partial charge in [-0.3, -0.25) is 9.59 Å². The van der Waals surface area contributed by atoms with Crippen molar-refractivity contribution in [1.29, 1.82) is 0 Å². The van der Waals surface area contributed by atoms with Crippen LogP contribution < -0.4 is 5.32 Å². The zero-order valence-corrected chi connectivity index (χ0v) is 12.6. The van der Waals surface area contributed by atoms with Gasteiger partial charge in [0.05, 0.1) is 17.5 Å². The lowest BCUT2D eigenvalue weighted by atomic mass is 9.79. The third kappa shape index (κ3) is 3.79. The molecule has 5 nitrogen and oxygen atoms in total. The van der Waals surface area contributed by atoms with Crippen LogP contribution in [0.4, 0.5) is 0 Å². The molecule has 20 heavy (non-hydrogen) atoms. The number of carboxylic acid groups (broad SMARTS) is 1. The summed E-state index contributed by atoms with van der Waals surface area (Å²) in [4.78, 5) is 27.3. The molecule has 1 aliphatic rings. The second kappa shape index (κ2) is 6.35. The Bertz CT molecular complexity index is 496. The first kappa shape index (κ1) is 15.0. The molecule has 0 aromatic carbocycles. The van der Waals surface area contributed by atoms with Crippen LogP contribution in [0.3, 0.4) is 0 Å². The molecule has 0 bridgehead atoms. The molecule has 0 radical (unpaired) electrons. The van der Waals surface area contributed by atoms with E-state index in [2.05, 4.69) is 26.2 Å². The van der Waals surface area contributed by atoms with Crippen molar-refractivity contribution in [3.63, 3.8) is 0 Å². The summed E-state index contributed by atoms with van der Waals surface area (Å²) >= 11 is 3.22. The fraction of sp³-hybridized carbons (Fsp3) is 0.500. The second-order valence-electron chi connectivity index (χ2n) is 5.24. The molecule has 1 aromatic heterocycles. The largest absolute Gasteiger partial charge is 0.481 e. The number of amides is 1. The number of nitrogens with zero attached hydrogens (tertiary/aromatic N) is 1. The molecule has 0 saturated heterocycles. The first-order valence-corrected chi connectivity index (χ1v) is 7.46. The molecule has 2 rings (SSSR count). The van der Waals surface area contributed by atoms with E-state index in [-0.39, 0.29) is 12.3 Å². The van der Waals surface area contributed by atoms with Crippen LogP contribution in [0.5, 0.6) is 0 Å². The van der Waals surface area contributed by atoms with Crippen molar-refractivity contribution in [1.82, 2.24) is 10.3 Å². The van der Waals surface area contributed by atoms with Crippen LogP contribution in [0.25, 0.3) is 0 Å². The highest BCUT2D eigenvalue weighted by molar-refractivity contribution is 9.10. The number of nitrogens with one attached hydrogen (secondary N) is 1. The number of carbonyl (C=O) groups excluding carboxylic acids is 1. The fourth-order valence-corrected chi connectivity index (χ4v) is 2.92. The normalized spacial score (nSPS) is 17.4. The highest BCUT2D eigenvalue weighted by atomic mass is 79.9. The van der Waals surface area contributed by atoms with E-state index in [0.717, 1.165) is 32.1 Å². The lowest BCUT2D eigenvalue weighted by Gasteiger charge is -2.37. The van der Waals surface area contributed by atoms with Crippen molar-refractivity contribution in [3.05, 3.63) is 28.5 Å². The predicted octanol–water partition coefficient (Wildman–Crippen LogP) is 2.75. The van der Waals surface area contributed by atoms with Crippen LogP contribution in [0, 0.1) is 0 Å². The Morgan fingerprint density at radius 1 is 1.30 bits per heavy atom. The van der Waals surface area contributed by atoms with Crippen LogP contribution in [0.15, 0.2) is 22.9 Å². The Morgan fingerprint density at radius 3 is 2.55 bits per heavy atom. The van der Waals surface area contributed by atoms with Gasteiger partial charge in [-0.2, -0.15) is 0 Å². The van der Waals surface area contributed by atoms with E-state index >= 15 is 0 Å². The summed E-state index contributed by atoms with van der Waals surface area (Å²) in [7, 11) is 0. The minimum absolute atomic E-state index is 0.0251. The number of rotatable bonds is 4. The van der Waals surface area contributed by atoms with E-state index in [1.165, 1.54) is 6.20 Å². The molecule has 0 aliphatic heterocycles. The van der Waals surface area contributed by atoms with Crippen LogP contribution in [0.1, 0.15) is 48.9 Å². The van der Waals surface area contributed by atoms with Crippen molar-refractivity contribution in [2.75, 3.05) is 0 Å². The molecule has 0 atom stereocenters. The molecule has 1 fully saturated rings. The second-order valence-corrected chi connectivity index (χ2v) is 6.05. The highest BCUT2D eigenvalue weighted by Gasteiger charge is 2.36. The number of aromatic nitrogens is 1. The Morgan fingerprint density at radius 2 is 2.00 bits per heavy atom. The third-order valence-corrected chi connectivity index (χ3v) is 4.14. The fourth-order valence-electron chi connectivity index (χ4n) is 2.69. The van der Waals surface area contributed by atoms with Crippen molar-refractivity contribution in [2.45, 2.75) is 44.1 Å². The van der Waals surface area contributed by atoms with E-state index in [1.807, 2.05) is 0 Å². The van der Waals surface area contributed by atoms with E-state index in [0.29, 0.717) is 10.2 Å². The lowest BCUT2D eigenvalue weighted by Crippen LogP contribution is -2.51. The van der Waals surface area contributed by atoms with Crippen molar-refractivity contribution in [2.24, 2.45) is 0 Å². The standard InChI is InChI=1S/C14H17BrN2O3/c15-11-5-4-10(9-16-11)13(20)17-14(8-12(18)19)6-2-1-3-7-14/h4-5,9H,1-3,6-8H2,(H,17,20)(H,18,19). The zero-order chi connectivity index (χ0) is 14.6. The van der Waals surface area contributed by atoms with E-state index in [1.54, 1.807) is 12.1 Å². The molecule has 0 spiro atoms. The number of halogens is 1. The summed E-state index contributed by atoms with van der Waals surface area (Å²) in [5.41, 5.74) is -0.169. The van der Waals surface area contributed by atoms with Gasteiger partial charge in [0.25, 0.3) is 5.91 Å². The average Bonchev–Trinajstić information content (AvgIpc) is 2.39. The number of hydrogen-bond acceptors (Lipinski definition) is 3. The van der Waals surface area contributed by atoms with Gasteiger partial charge < -0.3 is 10.4 Å². The third-order valence-electron chi connectivity index (χ3n) is 3.67. The Labute approximate surface area is 125 Å². The Kier molecular flexibility index (Phi) is 4.75. The van der Waals surface area contributed by atoms with Gasteiger partial charge in [0, 0.05) is 6.20 Å². The quantitative estimate of drug-likeness (QED) is 0.826. The summed E-state index contributed by atoms with van der Waals surface area (Å²) < 4.78 is 0.659. The average molecular weight is 341 g/mol. The van der Waals surface area contributed by atoms with E-state index < -0.39 is 11.5 Å². The maximum atomic E-state index is 12.3. The van der Waals surface area contributed by atoms with Gasteiger partial charge in [-0.25, -0.2) is 4.98 Å². The molecule has 1 saturated carbocycles. The minimum atomic E-state index is -0.874. The number of aliphatic carboxylic acids is 1. The molecule has 1 aromatic rings. The van der Waals surface area contributed by atoms with Gasteiger partial charge >= 0.3 is 5.97 Å². The molecule has 1 heterocycles. The van der Waals surface area contributed by atoms with Gasteiger partial charge in [-0.1, -0.05) is 19.3 Å². The number of pyridine rings is 1. The molecule has 2 N–H and O–H groups in total. The number of carbonyl (C=O) groups is 2. The zero-order valence-electron chi connectivity index (χ0n) is 11.1. The van der Waals surface area contributed by atoms with Gasteiger partial charge in [0.2, 0.25) is 0 Å². The van der Waals surface area contributed by atoms with Crippen LogP contribution >= 0.6 is 15.9 Å². The van der Waals surface area contributed by atoms with Gasteiger partial charge in [0.15, 0.2) is 0 Å². The van der Waals surface area contributed by atoms with Gasteiger partial charge in [-0.05, 0) is 40.9 Å². The van der Waals surface area contributed by atoms with Crippen molar-refractivity contribution >= 4 is 27.8 Å². The molecule has 108 valence electrons. The Hall–Kier alpha value is -1.43. The number of carboxylic acids is 1. The summed E-state index contributed by atoms with van der Waals surface area (Å²) in [6.45, 7) is 0. The monoisotopic (exact) mass is 340 g/mol. The lowest BCUT2D eigenvalue weighted by molar-refractivity contribution is -0.139. The minimum Gasteiger partial charge on any atom is -0.481 e. The molecular formula is C14H17BrN2O3. The van der Waals surface area contributed by atoms with Crippen LogP contribution in [-0.2, 0) is 4.79 Å². The highest BCUT2D eigenvalue weighted by Crippen LogP contribution is 2.31. The van der Waals surface area contributed by atoms with Gasteiger partial charge in [0.1, 0.15) is 4.60 Å². The number of hydrogen-bond donors (Lipinski definition) is 2. The maximum absolute atomic E-state index is 12.3. The molecule has 1 amide bonds. The summed E-state index contributed by atoms with van der Waals surface area (Å²) in [6, 6.07) is 3.36. The van der Waals surface area contributed by atoms with Gasteiger partial charge in [-0.15, -0.1) is 0 Å². The van der Waals surface area contributed by atoms with Crippen molar-refractivity contribution in [3.8, 4) is 0 Å². The molecular weight excluding hydrogens is 324 g/mol. The molecule has 0 unspecified atom stereocenters. The maximum Gasteiger partial charge on any atom is 0.305 e. The topological polar surface area (TPSA) is 79.3 Å². The smallest absolute Gasteiger partial charge is 0.305 e. The molecule has 1 aliphatic carbocycles. The van der Waals surface area contributed by atoms with Crippen molar-refractivity contribution < 1.29 is 14.7 Å².